The Bertz CT molecular complexity index is 492. The highest BCUT2D eigenvalue weighted by molar-refractivity contribution is 5.88. The highest BCUT2D eigenvalue weighted by atomic mass is 19.1. The lowest BCUT2D eigenvalue weighted by molar-refractivity contribution is 0.0559. The molecular weight excluding hydrogens is 189 g/mol. The first kappa shape index (κ1) is 8.68. The van der Waals surface area contributed by atoms with Crippen LogP contribution in [0.5, 0.6) is 0 Å². The largest absolute Gasteiger partial charge is 0.462 e. The van der Waals surface area contributed by atoms with Crippen molar-refractivity contribution >= 4 is 17.1 Å². The number of ether oxygens (including phenoxy) is 1. The maximum atomic E-state index is 13.1. The van der Waals surface area contributed by atoms with Crippen molar-refractivity contribution in [3.05, 3.63) is 29.9 Å². The van der Waals surface area contributed by atoms with Crippen LogP contribution in [0.2, 0.25) is 0 Å². The summed E-state index contributed by atoms with van der Waals surface area (Å²) in [5.41, 5.74) is 0.262. The van der Waals surface area contributed by atoms with Gasteiger partial charge in [-0.15, -0.1) is 0 Å². The molecule has 0 aliphatic carbocycles. The molecule has 0 aliphatic rings. The van der Waals surface area contributed by atoms with E-state index >= 15 is 0 Å². The minimum atomic E-state index is -0.722. The van der Waals surface area contributed by atoms with Crippen molar-refractivity contribution < 1.29 is 18.3 Å². The maximum Gasteiger partial charge on any atom is 0.394 e. The Morgan fingerprint density at radius 3 is 3.00 bits per heavy atom. The first-order valence-electron chi connectivity index (χ1n) is 3.85. The van der Waals surface area contributed by atoms with Crippen LogP contribution in [-0.4, -0.2) is 18.1 Å². The first-order valence-corrected chi connectivity index (χ1v) is 3.85. The van der Waals surface area contributed by atoms with Gasteiger partial charge >= 0.3 is 11.9 Å². The molecule has 0 radical (unpaired) electrons. The second kappa shape index (κ2) is 3.10. The zero-order valence-electron chi connectivity index (χ0n) is 7.28. The second-order valence-corrected chi connectivity index (χ2v) is 2.60. The minimum Gasteiger partial charge on any atom is -0.462 e. The number of methoxy groups -OCH3 is 1. The fourth-order valence-electron chi connectivity index (χ4n) is 1.09. The van der Waals surface area contributed by atoms with Crippen molar-refractivity contribution in [1.29, 1.82) is 0 Å². The first-order chi connectivity index (χ1) is 6.72. The molecule has 0 aliphatic heterocycles. The smallest absolute Gasteiger partial charge is 0.394 e. The number of benzene rings is 1. The van der Waals surface area contributed by atoms with Gasteiger partial charge in [0.15, 0.2) is 11.4 Å². The van der Waals surface area contributed by atoms with Crippen molar-refractivity contribution in [3.63, 3.8) is 0 Å². The number of hydrogen-bond donors (Lipinski definition) is 0. The molecule has 1 aromatic heterocycles. The SMILES string of the molecule is COC(=O)c1nc2c(F)cccc2o1. The fraction of sp³-hybridized carbons (Fsp3) is 0.111. The van der Waals surface area contributed by atoms with Gasteiger partial charge < -0.3 is 9.15 Å². The molecule has 2 rings (SSSR count). The van der Waals surface area contributed by atoms with E-state index < -0.39 is 11.8 Å². The molecule has 0 amide bonds. The van der Waals surface area contributed by atoms with Crippen molar-refractivity contribution in [3.8, 4) is 0 Å². The summed E-state index contributed by atoms with van der Waals surface area (Å²) in [6.45, 7) is 0. The molecule has 0 N–H and O–H groups in total. The maximum absolute atomic E-state index is 13.1. The zero-order chi connectivity index (χ0) is 10.1. The summed E-state index contributed by atoms with van der Waals surface area (Å²) < 4.78 is 22.5. The predicted molar refractivity (Wildman–Crippen MR) is 45.3 cm³/mol. The summed E-state index contributed by atoms with van der Waals surface area (Å²) in [4.78, 5) is 14.7. The topological polar surface area (TPSA) is 52.3 Å². The molecule has 0 unspecified atom stereocenters. The molecular formula is C9H6FNO3. The van der Waals surface area contributed by atoms with Gasteiger partial charge in [0.05, 0.1) is 7.11 Å². The van der Waals surface area contributed by atoms with Crippen molar-refractivity contribution in [2.45, 2.75) is 0 Å². The molecule has 72 valence electrons. The van der Waals surface area contributed by atoms with Gasteiger partial charge in [-0.25, -0.2) is 14.2 Å². The number of nitrogens with zero attached hydrogens (tertiary/aromatic N) is 1. The summed E-state index contributed by atoms with van der Waals surface area (Å²) in [5, 5.41) is 0. The molecule has 0 spiro atoms. The van der Waals surface area contributed by atoms with Gasteiger partial charge in [-0.3, -0.25) is 0 Å². The quantitative estimate of drug-likeness (QED) is 0.650. The molecule has 14 heavy (non-hydrogen) atoms. The van der Waals surface area contributed by atoms with Crippen LogP contribution in [0.4, 0.5) is 4.39 Å². The van der Waals surface area contributed by atoms with E-state index in [0.29, 0.717) is 0 Å². The second-order valence-electron chi connectivity index (χ2n) is 2.60. The summed E-state index contributed by atoms with van der Waals surface area (Å²) >= 11 is 0. The normalized spacial score (nSPS) is 10.4. The van der Waals surface area contributed by atoms with Crippen molar-refractivity contribution in [2.24, 2.45) is 0 Å². The zero-order valence-corrected chi connectivity index (χ0v) is 7.28. The Balaban J connectivity index is 2.62. The van der Waals surface area contributed by atoms with Gasteiger partial charge in [0.25, 0.3) is 0 Å². The van der Waals surface area contributed by atoms with Crippen LogP contribution in [0.15, 0.2) is 22.6 Å². The van der Waals surface area contributed by atoms with Crippen LogP contribution in [0.3, 0.4) is 0 Å². The Hall–Kier alpha value is -1.91. The molecule has 2 aromatic rings. The average molecular weight is 195 g/mol. The van der Waals surface area contributed by atoms with E-state index in [-0.39, 0.29) is 17.0 Å². The Morgan fingerprint density at radius 2 is 2.36 bits per heavy atom. The summed E-state index contributed by atoms with van der Waals surface area (Å²) in [5.74, 6) is -1.49. The number of oxazole rings is 1. The van der Waals surface area contributed by atoms with Gasteiger partial charge in [0.2, 0.25) is 0 Å². The van der Waals surface area contributed by atoms with E-state index in [1.54, 1.807) is 0 Å². The van der Waals surface area contributed by atoms with Crippen molar-refractivity contribution in [2.75, 3.05) is 7.11 Å². The number of aromatic nitrogens is 1. The van der Waals surface area contributed by atoms with Crippen molar-refractivity contribution in [1.82, 2.24) is 4.98 Å². The van der Waals surface area contributed by atoms with E-state index in [4.69, 9.17) is 4.42 Å². The molecule has 5 heteroatoms. The van der Waals surface area contributed by atoms with E-state index in [0.717, 1.165) is 0 Å². The minimum absolute atomic E-state index is 0.0351. The van der Waals surface area contributed by atoms with Crippen LogP contribution < -0.4 is 0 Å². The van der Waals surface area contributed by atoms with Gasteiger partial charge in [0, 0.05) is 0 Å². The van der Waals surface area contributed by atoms with E-state index in [1.807, 2.05) is 0 Å². The van der Waals surface area contributed by atoms with Gasteiger partial charge in [0.1, 0.15) is 5.52 Å². The van der Waals surface area contributed by atoms with E-state index in [2.05, 4.69) is 9.72 Å². The average Bonchev–Trinajstić information content (AvgIpc) is 2.62. The Kier molecular flexibility index (Phi) is 1.92. The third-order valence-electron chi connectivity index (χ3n) is 1.73. The summed E-state index contributed by atoms with van der Waals surface area (Å²) in [7, 11) is 1.20. The summed E-state index contributed by atoms with van der Waals surface area (Å²) in [6, 6.07) is 4.24. The van der Waals surface area contributed by atoms with Crippen LogP contribution in [0, 0.1) is 5.82 Å². The van der Waals surface area contributed by atoms with Crippen LogP contribution >= 0.6 is 0 Å². The third-order valence-corrected chi connectivity index (χ3v) is 1.73. The molecule has 4 nitrogen and oxygen atoms in total. The lowest BCUT2D eigenvalue weighted by Crippen LogP contribution is -2.00. The number of fused-ring (bicyclic) bond motifs is 1. The highest BCUT2D eigenvalue weighted by Crippen LogP contribution is 2.18. The van der Waals surface area contributed by atoms with E-state index in [1.165, 1.54) is 25.3 Å². The van der Waals surface area contributed by atoms with Crippen LogP contribution in [-0.2, 0) is 4.74 Å². The number of para-hydroxylation sites is 1. The number of hydrogen-bond acceptors (Lipinski definition) is 4. The number of carbonyl (C=O) groups excluding carboxylic acids is 1. The van der Waals surface area contributed by atoms with Gasteiger partial charge in [-0.2, -0.15) is 0 Å². The van der Waals surface area contributed by atoms with Crippen LogP contribution in [0.1, 0.15) is 10.7 Å². The standard InChI is InChI=1S/C9H6FNO3/c1-13-9(12)8-11-7-5(10)3-2-4-6(7)14-8/h2-4H,1H3. The number of rotatable bonds is 1. The van der Waals surface area contributed by atoms with Crippen LogP contribution in [0.25, 0.3) is 11.1 Å². The molecule has 1 heterocycles. The molecule has 1 aromatic carbocycles. The number of carbonyl (C=O) groups is 1. The molecule has 0 fully saturated rings. The Morgan fingerprint density at radius 1 is 1.57 bits per heavy atom. The molecule has 0 saturated carbocycles. The van der Waals surface area contributed by atoms with Gasteiger partial charge in [-0.1, -0.05) is 6.07 Å². The molecule has 0 bridgehead atoms. The summed E-state index contributed by atoms with van der Waals surface area (Å²) in [6.07, 6.45) is 0. The Labute approximate surface area is 78.3 Å². The predicted octanol–water partition coefficient (Wildman–Crippen LogP) is 1.75. The third kappa shape index (κ3) is 1.22. The highest BCUT2D eigenvalue weighted by Gasteiger charge is 2.16. The van der Waals surface area contributed by atoms with Gasteiger partial charge in [-0.05, 0) is 12.1 Å². The lowest BCUT2D eigenvalue weighted by atomic mass is 10.3. The number of halogens is 1. The van der Waals surface area contributed by atoms with E-state index in [9.17, 15) is 9.18 Å². The lowest BCUT2D eigenvalue weighted by Gasteiger charge is -1.88. The molecule has 0 saturated heterocycles. The monoisotopic (exact) mass is 195 g/mol. The fourth-order valence-corrected chi connectivity index (χ4v) is 1.09. The molecule has 0 atom stereocenters. The number of esters is 1.